The number of esters is 1. The molecule has 1 aromatic carbocycles. The molecule has 1 aliphatic rings. The second kappa shape index (κ2) is 6.72. The molecule has 26 heavy (non-hydrogen) atoms. The number of amides is 1. The lowest BCUT2D eigenvalue weighted by Gasteiger charge is -2.24. The van der Waals surface area contributed by atoms with Crippen molar-refractivity contribution in [3.63, 3.8) is 0 Å². The topological polar surface area (TPSA) is 81.4 Å². The molecule has 0 spiro atoms. The van der Waals surface area contributed by atoms with Crippen LogP contribution in [-0.4, -0.2) is 17.0 Å². The molecule has 0 aliphatic carbocycles. The van der Waals surface area contributed by atoms with Gasteiger partial charge in [0.2, 0.25) is 5.91 Å². The van der Waals surface area contributed by atoms with Crippen molar-refractivity contribution in [2.75, 3.05) is 5.32 Å². The van der Waals surface area contributed by atoms with E-state index in [1.807, 2.05) is 17.5 Å². The fraction of sp³-hybridized carbons (Fsp3) is 0.167. The van der Waals surface area contributed by atoms with Crippen LogP contribution in [0.2, 0.25) is 0 Å². The van der Waals surface area contributed by atoms with Gasteiger partial charge in [-0.15, -0.1) is 11.3 Å². The third kappa shape index (κ3) is 3.23. The summed E-state index contributed by atoms with van der Waals surface area (Å²) < 4.78 is 23.9. The molecule has 1 N–H and O–H groups in total. The number of thiophene rings is 1. The van der Waals surface area contributed by atoms with E-state index in [1.165, 1.54) is 29.5 Å². The maximum atomic E-state index is 13.4. The summed E-state index contributed by atoms with van der Waals surface area (Å²) in [5, 5.41) is 8.37. The van der Waals surface area contributed by atoms with E-state index in [0.29, 0.717) is 22.7 Å². The van der Waals surface area contributed by atoms with Crippen LogP contribution in [0.15, 0.2) is 46.3 Å². The average Bonchev–Trinajstić information content (AvgIpc) is 3.29. The molecular formula is C18H13FN2O4S. The normalized spacial score (nSPS) is 16.0. The van der Waals surface area contributed by atoms with Crippen LogP contribution in [0.4, 0.5) is 10.1 Å². The number of carbonyl (C=O) groups excluding carboxylic acids is 2. The Kier molecular flexibility index (Phi) is 4.26. The molecule has 1 amide bonds. The number of aromatic nitrogens is 1. The molecule has 0 saturated carbocycles. The highest BCUT2D eigenvalue weighted by Gasteiger charge is 2.32. The van der Waals surface area contributed by atoms with Gasteiger partial charge in [0.05, 0.1) is 10.8 Å². The smallest absolute Gasteiger partial charge is 0.314 e. The molecule has 1 aliphatic heterocycles. The van der Waals surface area contributed by atoms with Gasteiger partial charge in [-0.1, -0.05) is 17.3 Å². The molecule has 0 radical (unpaired) electrons. The number of ether oxygens (including phenoxy) is 1. The predicted octanol–water partition coefficient (Wildman–Crippen LogP) is 3.71. The number of nitrogens with zero attached hydrogens (tertiary/aromatic N) is 1. The van der Waals surface area contributed by atoms with Gasteiger partial charge in [0.25, 0.3) is 0 Å². The van der Waals surface area contributed by atoms with Crippen molar-refractivity contribution in [2.45, 2.75) is 18.9 Å². The molecule has 0 bridgehead atoms. The van der Waals surface area contributed by atoms with Crippen LogP contribution in [0.1, 0.15) is 23.6 Å². The zero-order valence-electron chi connectivity index (χ0n) is 13.4. The lowest BCUT2D eigenvalue weighted by atomic mass is 9.90. The molecule has 8 heteroatoms. The Labute approximate surface area is 151 Å². The maximum absolute atomic E-state index is 13.4. The standard InChI is InChI=1S/C18H13FN2O4S/c19-10-3-4-12-13(8-17(22)20-14(12)6-10)18(23)24-9-11-7-15(25-21-11)16-2-1-5-26-16/h1-7,13H,8-9H2,(H,20,22). The van der Waals surface area contributed by atoms with Gasteiger partial charge >= 0.3 is 5.97 Å². The summed E-state index contributed by atoms with van der Waals surface area (Å²) in [7, 11) is 0. The molecule has 1 unspecified atom stereocenters. The number of hydrogen-bond donors (Lipinski definition) is 1. The van der Waals surface area contributed by atoms with Crippen LogP contribution in [0, 0.1) is 5.82 Å². The maximum Gasteiger partial charge on any atom is 0.314 e. The molecule has 132 valence electrons. The summed E-state index contributed by atoms with van der Waals surface area (Å²) >= 11 is 1.51. The highest BCUT2D eigenvalue weighted by atomic mass is 32.1. The van der Waals surface area contributed by atoms with Gasteiger partial charge in [-0.25, -0.2) is 4.39 Å². The Bertz CT molecular complexity index is 967. The first kappa shape index (κ1) is 16.5. The molecule has 6 nitrogen and oxygen atoms in total. The summed E-state index contributed by atoms with van der Waals surface area (Å²) in [6.45, 7) is -0.0671. The Morgan fingerprint density at radius 3 is 3.08 bits per heavy atom. The summed E-state index contributed by atoms with van der Waals surface area (Å²) in [4.78, 5) is 25.2. The van der Waals surface area contributed by atoms with Gasteiger partial charge < -0.3 is 14.6 Å². The van der Waals surface area contributed by atoms with Gasteiger partial charge in [0.1, 0.15) is 18.1 Å². The highest BCUT2D eigenvalue weighted by Crippen LogP contribution is 2.34. The number of halogens is 1. The van der Waals surface area contributed by atoms with Crippen LogP contribution in [0.25, 0.3) is 10.6 Å². The Morgan fingerprint density at radius 1 is 1.38 bits per heavy atom. The molecule has 3 heterocycles. The molecule has 4 rings (SSSR count). The summed E-state index contributed by atoms with van der Waals surface area (Å²) in [5.41, 5.74) is 1.31. The highest BCUT2D eigenvalue weighted by molar-refractivity contribution is 7.13. The van der Waals surface area contributed by atoms with E-state index in [4.69, 9.17) is 9.26 Å². The molecular weight excluding hydrogens is 359 g/mol. The van der Waals surface area contributed by atoms with Crippen molar-refractivity contribution >= 4 is 28.9 Å². The number of rotatable bonds is 4. The fourth-order valence-corrected chi connectivity index (χ4v) is 3.48. The summed E-state index contributed by atoms with van der Waals surface area (Å²) in [5.74, 6) is -1.58. The Hall–Kier alpha value is -3.00. The van der Waals surface area contributed by atoms with Crippen LogP contribution < -0.4 is 5.32 Å². The van der Waals surface area contributed by atoms with Crippen molar-refractivity contribution in [3.8, 4) is 10.6 Å². The van der Waals surface area contributed by atoms with E-state index < -0.39 is 17.7 Å². The van der Waals surface area contributed by atoms with Gasteiger partial charge in [0.15, 0.2) is 5.76 Å². The van der Waals surface area contributed by atoms with Crippen molar-refractivity contribution in [1.82, 2.24) is 5.16 Å². The van der Waals surface area contributed by atoms with Crippen molar-refractivity contribution in [1.29, 1.82) is 0 Å². The van der Waals surface area contributed by atoms with Gasteiger partial charge in [-0.05, 0) is 29.1 Å². The molecule has 0 saturated heterocycles. The average molecular weight is 372 g/mol. The van der Waals surface area contributed by atoms with E-state index in [9.17, 15) is 14.0 Å². The van der Waals surface area contributed by atoms with E-state index in [-0.39, 0.29) is 18.9 Å². The molecule has 0 fully saturated rings. The van der Waals surface area contributed by atoms with Gasteiger partial charge in [0, 0.05) is 18.2 Å². The van der Waals surface area contributed by atoms with E-state index in [0.717, 1.165) is 4.88 Å². The third-order valence-corrected chi connectivity index (χ3v) is 4.91. The van der Waals surface area contributed by atoms with Crippen LogP contribution in [0.5, 0.6) is 0 Å². The van der Waals surface area contributed by atoms with E-state index in [2.05, 4.69) is 10.5 Å². The first-order valence-corrected chi connectivity index (χ1v) is 8.73. The van der Waals surface area contributed by atoms with Gasteiger partial charge in [-0.3, -0.25) is 9.59 Å². The zero-order valence-corrected chi connectivity index (χ0v) is 14.2. The number of anilines is 1. The van der Waals surface area contributed by atoms with Crippen molar-refractivity contribution in [3.05, 3.63) is 58.9 Å². The zero-order chi connectivity index (χ0) is 18.1. The van der Waals surface area contributed by atoms with Crippen LogP contribution in [0.3, 0.4) is 0 Å². The predicted molar refractivity (Wildman–Crippen MR) is 92.0 cm³/mol. The van der Waals surface area contributed by atoms with Crippen LogP contribution >= 0.6 is 11.3 Å². The fourth-order valence-electron chi connectivity index (χ4n) is 2.81. The SMILES string of the molecule is O=C1CC(C(=O)OCc2cc(-c3cccs3)on2)c2ccc(F)cc2N1. The van der Waals surface area contributed by atoms with Crippen molar-refractivity contribution < 1.29 is 23.2 Å². The van der Waals surface area contributed by atoms with Gasteiger partial charge in [-0.2, -0.15) is 0 Å². The quantitative estimate of drug-likeness (QED) is 0.706. The minimum atomic E-state index is -0.775. The second-order valence-corrected chi connectivity index (χ2v) is 6.75. The number of carbonyl (C=O) groups is 2. The minimum Gasteiger partial charge on any atom is -0.459 e. The lowest BCUT2D eigenvalue weighted by Crippen LogP contribution is -2.28. The third-order valence-electron chi connectivity index (χ3n) is 4.02. The minimum absolute atomic E-state index is 0.0449. The second-order valence-electron chi connectivity index (χ2n) is 5.80. The summed E-state index contributed by atoms with van der Waals surface area (Å²) in [6.07, 6.45) is -0.0449. The number of fused-ring (bicyclic) bond motifs is 1. The molecule has 3 aromatic rings. The Morgan fingerprint density at radius 2 is 2.27 bits per heavy atom. The molecule has 1 atom stereocenters. The first-order chi connectivity index (χ1) is 12.6. The van der Waals surface area contributed by atoms with Crippen LogP contribution in [-0.2, 0) is 20.9 Å². The number of hydrogen-bond acceptors (Lipinski definition) is 6. The summed E-state index contributed by atoms with van der Waals surface area (Å²) in [6, 6.07) is 9.43. The van der Waals surface area contributed by atoms with E-state index >= 15 is 0 Å². The monoisotopic (exact) mass is 372 g/mol. The molecule has 2 aromatic heterocycles. The lowest BCUT2D eigenvalue weighted by molar-refractivity contribution is -0.148. The first-order valence-electron chi connectivity index (χ1n) is 7.85. The number of nitrogens with one attached hydrogen (secondary N) is 1. The largest absolute Gasteiger partial charge is 0.459 e. The number of benzene rings is 1. The van der Waals surface area contributed by atoms with Crippen molar-refractivity contribution in [2.24, 2.45) is 0 Å². The Balaban J connectivity index is 1.46. The van der Waals surface area contributed by atoms with E-state index in [1.54, 1.807) is 6.07 Å².